The van der Waals surface area contributed by atoms with Gasteiger partial charge in [0.05, 0.1) is 18.7 Å². The van der Waals surface area contributed by atoms with Crippen LogP contribution in [0.2, 0.25) is 5.02 Å². The number of ketones is 1. The first kappa shape index (κ1) is 30.3. The van der Waals surface area contributed by atoms with Crippen molar-refractivity contribution >= 4 is 57.3 Å². The highest BCUT2D eigenvalue weighted by molar-refractivity contribution is 8.00. The number of para-hydroxylation sites is 1. The van der Waals surface area contributed by atoms with Gasteiger partial charge in [-0.15, -0.1) is 10.2 Å². The van der Waals surface area contributed by atoms with Crippen LogP contribution >= 0.6 is 34.7 Å². The third-order valence-corrected chi connectivity index (χ3v) is 9.28. The number of hydrogen-bond acceptors (Lipinski definition) is 9. The van der Waals surface area contributed by atoms with Crippen LogP contribution in [0, 0.1) is 5.82 Å². The van der Waals surface area contributed by atoms with E-state index in [0.29, 0.717) is 32.2 Å². The molecule has 0 spiro atoms. The van der Waals surface area contributed by atoms with Gasteiger partial charge < -0.3 is 14.6 Å². The van der Waals surface area contributed by atoms with Gasteiger partial charge in [-0.1, -0.05) is 77.2 Å². The number of thioether (sulfide) groups is 1. The van der Waals surface area contributed by atoms with Crippen molar-refractivity contribution in [2.45, 2.75) is 16.1 Å². The van der Waals surface area contributed by atoms with Crippen molar-refractivity contribution in [1.82, 2.24) is 10.2 Å². The molecule has 0 radical (unpaired) electrons. The van der Waals surface area contributed by atoms with Gasteiger partial charge in [0, 0.05) is 16.3 Å². The summed E-state index contributed by atoms with van der Waals surface area (Å²) in [6.07, 6.45) is 0. The average Bonchev–Trinajstić information content (AvgIpc) is 3.62. The van der Waals surface area contributed by atoms with E-state index in [2.05, 4.69) is 10.2 Å². The predicted octanol–water partition coefficient (Wildman–Crippen LogP) is 8.05. The van der Waals surface area contributed by atoms with E-state index in [4.69, 9.17) is 21.1 Å². The van der Waals surface area contributed by atoms with E-state index >= 15 is 0 Å². The monoisotopic (exact) mass is 659 g/mol. The van der Waals surface area contributed by atoms with Gasteiger partial charge in [0.15, 0.2) is 15.9 Å². The van der Waals surface area contributed by atoms with Crippen molar-refractivity contribution in [3.63, 3.8) is 0 Å². The summed E-state index contributed by atoms with van der Waals surface area (Å²) in [5.41, 5.74) is 1.25. The van der Waals surface area contributed by atoms with Crippen molar-refractivity contribution in [2.75, 3.05) is 12.0 Å². The Kier molecular flexibility index (Phi) is 8.83. The molecule has 5 aromatic rings. The second-order valence-corrected chi connectivity index (χ2v) is 12.4. The number of rotatable bonds is 9. The second kappa shape index (κ2) is 13.1. The Morgan fingerprint density at radius 2 is 1.73 bits per heavy atom. The molecule has 1 unspecified atom stereocenters. The van der Waals surface area contributed by atoms with Crippen LogP contribution in [0.1, 0.15) is 22.7 Å². The number of methoxy groups -OCH3 is 1. The van der Waals surface area contributed by atoms with Gasteiger partial charge in [-0.3, -0.25) is 14.5 Å². The summed E-state index contributed by atoms with van der Waals surface area (Å²) in [6, 6.07) is 26.0. The largest absolute Gasteiger partial charge is 0.507 e. The molecule has 1 N–H and O–H groups in total. The number of aromatic nitrogens is 2. The van der Waals surface area contributed by atoms with Crippen molar-refractivity contribution in [3.05, 3.63) is 130 Å². The Balaban J connectivity index is 1.40. The molecule has 0 bridgehead atoms. The number of nitrogens with zero attached hydrogens (tertiary/aromatic N) is 3. The minimum Gasteiger partial charge on any atom is -0.507 e. The first-order valence-electron chi connectivity index (χ1n) is 13.5. The lowest BCUT2D eigenvalue weighted by Gasteiger charge is -2.23. The summed E-state index contributed by atoms with van der Waals surface area (Å²) in [6.45, 7) is 0. The van der Waals surface area contributed by atoms with E-state index in [1.807, 2.05) is 30.3 Å². The zero-order valence-electron chi connectivity index (χ0n) is 23.5. The van der Waals surface area contributed by atoms with Crippen molar-refractivity contribution in [3.8, 4) is 17.2 Å². The van der Waals surface area contributed by atoms with E-state index < -0.39 is 29.3 Å². The molecule has 45 heavy (non-hydrogen) atoms. The van der Waals surface area contributed by atoms with Crippen LogP contribution in [0.15, 0.2) is 107 Å². The zero-order valence-corrected chi connectivity index (χ0v) is 25.9. The van der Waals surface area contributed by atoms with Crippen LogP contribution in [0.3, 0.4) is 0 Å². The highest BCUT2D eigenvalue weighted by Gasteiger charge is 2.48. The Morgan fingerprint density at radius 3 is 2.47 bits per heavy atom. The summed E-state index contributed by atoms with van der Waals surface area (Å²) in [5.74, 6) is -1.57. The number of aliphatic hydroxyl groups is 1. The van der Waals surface area contributed by atoms with Gasteiger partial charge in [0.2, 0.25) is 5.13 Å². The maximum atomic E-state index is 14.6. The first-order valence-corrected chi connectivity index (χ1v) is 15.7. The molecule has 8 nitrogen and oxygen atoms in total. The number of carbonyl (C=O) groups excluding carboxylic acids is 2. The minimum absolute atomic E-state index is 0.00413. The standard InChI is InChI=1S/C33H23ClFN3O5S2/c1-42-26-15-12-21(17-25(26)35)29(39)27-28(20-6-5-9-24(16-20)43-23-7-3-2-4-8-23)38(31(41)30(27)40)32-36-37-33(45-32)44-18-19-10-13-22(34)14-11-19/h2-17,28,39H,18H2,1H3. The summed E-state index contributed by atoms with van der Waals surface area (Å²) in [5, 5.41) is 20.7. The van der Waals surface area contributed by atoms with Gasteiger partial charge in [0.1, 0.15) is 17.3 Å². The first-order chi connectivity index (χ1) is 21.8. The lowest BCUT2D eigenvalue weighted by Crippen LogP contribution is -2.29. The number of amides is 1. The van der Waals surface area contributed by atoms with Gasteiger partial charge >= 0.3 is 5.91 Å². The summed E-state index contributed by atoms with van der Waals surface area (Å²) in [4.78, 5) is 28.4. The Morgan fingerprint density at radius 1 is 0.978 bits per heavy atom. The van der Waals surface area contributed by atoms with Crippen LogP contribution in [-0.4, -0.2) is 34.1 Å². The molecule has 1 saturated heterocycles. The Hall–Kier alpha value is -4.71. The van der Waals surface area contributed by atoms with Gasteiger partial charge in [-0.05, 0) is 65.7 Å². The normalized spacial score (nSPS) is 15.8. The number of ether oxygens (including phenoxy) is 2. The predicted molar refractivity (Wildman–Crippen MR) is 172 cm³/mol. The van der Waals surface area contributed by atoms with Crippen LogP contribution in [-0.2, 0) is 15.3 Å². The van der Waals surface area contributed by atoms with Gasteiger partial charge in [-0.2, -0.15) is 0 Å². The molecule has 0 aliphatic carbocycles. The van der Waals surface area contributed by atoms with Gasteiger partial charge in [-0.25, -0.2) is 4.39 Å². The van der Waals surface area contributed by atoms with Crippen LogP contribution in [0.5, 0.6) is 17.2 Å². The Labute approximate surface area is 270 Å². The molecule has 1 aliphatic heterocycles. The minimum atomic E-state index is -1.11. The molecule has 0 saturated carbocycles. The number of anilines is 1. The molecule has 1 fully saturated rings. The molecule has 1 amide bonds. The lowest BCUT2D eigenvalue weighted by atomic mass is 9.95. The lowest BCUT2D eigenvalue weighted by molar-refractivity contribution is -0.132. The molecule has 1 aliphatic rings. The van der Waals surface area contributed by atoms with E-state index in [9.17, 15) is 19.1 Å². The maximum absolute atomic E-state index is 14.6. The maximum Gasteiger partial charge on any atom is 0.301 e. The van der Waals surface area contributed by atoms with Crippen molar-refractivity contribution in [2.24, 2.45) is 0 Å². The van der Waals surface area contributed by atoms with Crippen LogP contribution in [0.4, 0.5) is 9.52 Å². The number of halogens is 2. The fourth-order valence-corrected chi connectivity index (χ4v) is 6.72. The highest BCUT2D eigenvalue weighted by atomic mass is 35.5. The molecule has 1 aromatic heterocycles. The van der Waals surface area contributed by atoms with Crippen LogP contribution in [0.25, 0.3) is 5.76 Å². The Bertz CT molecular complexity index is 1920. The van der Waals surface area contributed by atoms with E-state index in [1.54, 1.807) is 48.5 Å². The number of Topliss-reactive ketones (excluding diaryl/α,β-unsaturated/α-hetero) is 1. The smallest absolute Gasteiger partial charge is 0.301 e. The fourth-order valence-electron chi connectivity index (χ4n) is 4.77. The SMILES string of the molecule is COc1ccc(C(O)=C2C(=O)C(=O)N(c3nnc(SCc4ccc(Cl)cc4)s3)C2c2cccc(Oc3ccccc3)c2)cc1F. The quantitative estimate of drug-likeness (QED) is 0.0558. The second-order valence-electron chi connectivity index (χ2n) is 9.77. The number of hydrogen-bond donors (Lipinski definition) is 1. The molecule has 2 heterocycles. The third-order valence-electron chi connectivity index (χ3n) is 6.90. The number of aliphatic hydroxyl groups excluding tert-OH is 1. The molecule has 6 rings (SSSR count). The van der Waals surface area contributed by atoms with Gasteiger partial charge in [0.25, 0.3) is 5.78 Å². The van der Waals surface area contributed by atoms with Crippen molar-refractivity contribution in [1.29, 1.82) is 0 Å². The summed E-state index contributed by atoms with van der Waals surface area (Å²) >= 11 is 8.54. The molecular formula is C33H23ClFN3O5S2. The molecule has 4 aromatic carbocycles. The zero-order chi connectivity index (χ0) is 31.5. The van der Waals surface area contributed by atoms with E-state index in [0.717, 1.165) is 23.0 Å². The third kappa shape index (κ3) is 6.41. The van der Waals surface area contributed by atoms with E-state index in [1.165, 1.54) is 35.9 Å². The fraction of sp³-hybridized carbons (Fsp3) is 0.0909. The number of benzene rings is 4. The molecule has 226 valence electrons. The average molecular weight is 660 g/mol. The topological polar surface area (TPSA) is 102 Å². The molecule has 1 atom stereocenters. The summed E-state index contributed by atoms with van der Waals surface area (Å²) < 4.78 is 26.2. The molecular weight excluding hydrogens is 637 g/mol. The van der Waals surface area contributed by atoms with Crippen molar-refractivity contribution < 1.29 is 28.6 Å². The molecule has 12 heteroatoms. The highest BCUT2D eigenvalue weighted by Crippen LogP contribution is 2.45. The van der Waals surface area contributed by atoms with Crippen LogP contribution < -0.4 is 14.4 Å². The number of carbonyl (C=O) groups is 2. The van der Waals surface area contributed by atoms with E-state index in [-0.39, 0.29) is 22.0 Å². The summed E-state index contributed by atoms with van der Waals surface area (Å²) in [7, 11) is 1.32.